The smallest absolute Gasteiger partial charge is 0.315 e. The number of urea groups is 1. The normalized spacial score (nSPS) is 13.2. The minimum Gasteiger partial charge on any atom is -0.486 e. The Labute approximate surface area is 138 Å². The molecule has 2 atom stereocenters. The summed E-state index contributed by atoms with van der Waals surface area (Å²) in [5, 5.41) is 18.7. The van der Waals surface area contributed by atoms with Crippen molar-refractivity contribution >= 4 is 17.4 Å². The lowest BCUT2D eigenvalue weighted by Crippen LogP contribution is -2.41. The van der Waals surface area contributed by atoms with E-state index in [9.17, 15) is 14.3 Å². The number of ether oxygens (including phenoxy) is 1. The first-order valence-electron chi connectivity index (χ1n) is 7.19. The predicted octanol–water partition coefficient (Wildman–Crippen LogP) is 2.69. The van der Waals surface area contributed by atoms with Crippen molar-refractivity contribution in [1.82, 2.24) is 10.6 Å². The average molecular weight is 338 g/mol. The molecule has 1 aromatic heterocycles. The van der Waals surface area contributed by atoms with Gasteiger partial charge in [-0.3, -0.25) is 0 Å². The molecule has 0 saturated heterocycles. The van der Waals surface area contributed by atoms with Gasteiger partial charge in [0.05, 0.1) is 12.6 Å². The molecule has 0 saturated carbocycles. The number of amides is 2. The Kier molecular flexibility index (Phi) is 6.37. The second-order valence-corrected chi connectivity index (χ2v) is 5.80. The fourth-order valence-electron chi connectivity index (χ4n) is 1.87. The standard InChI is InChI=1S/C16H19FN2O3S/c1-11(22-15-5-3-2-4-13(15)17)8-18-16(21)19-9-14(20)12-6-7-23-10-12/h2-7,10-11,14,20H,8-9H2,1H3,(H2,18,19,21)/t11-,14+/m1/s1. The molecule has 2 amide bonds. The van der Waals surface area contributed by atoms with Gasteiger partial charge in [-0.15, -0.1) is 0 Å². The van der Waals surface area contributed by atoms with Crippen molar-refractivity contribution < 1.29 is 19.0 Å². The molecule has 0 aliphatic heterocycles. The first kappa shape index (κ1) is 17.2. The maximum atomic E-state index is 13.4. The number of aliphatic hydroxyl groups is 1. The first-order chi connectivity index (χ1) is 11.1. The van der Waals surface area contributed by atoms with Crippen LogP contribution in [0.15, 0.2) is 41.1 Å². The molecule has 5 nitrogen and oxygen atoms in total. The Hall–Kier alpha value is -2.12. The molecule has 0 aliphatic carbocycles. The summed E-state index contributed by atoms with van der Waals surface area (Å²) in [6.45, 7) is 2.06. The number of carbonyl (C=O) groups is 1. The van der Waals surface area contributed by atoms with Gasteiger partial charge < -0.3 is 20.5 Å². The number of nitrogens with one attached hydrogen (secondary N) is 2. The Morgan fingerprint density at radius 1 is 1.30 bits per heavy atom. The van der Waals surface area contributed by atoms with Gasteiger partial charge in [-0.05, 0) is 41.4 Å². The van der Waals surface area contributed by atoms with Crippen LogP contribution in [-0.4, -0.2) is 30.3 Å². The van der Waals surface area contributed by atoms with Gasteiger partial charge in [0, 0.05) is 6.54 Å². The summed E-state index contributed by atoms with van der Waals surface area (Å²) in [5.41, 5.74) is 0.770. The van der Waals surface area contributed by atoms with Crippen LogP contribution in [0.4, 0.5) is 9.18 Å². The number of hydrogen-bond acceptors (Lipinski definition) is 4. The zero-order valence-corrected chi connectivity index (χ0v) is 13.5. The van der Waals surface area contributed by atoms with Crippen molar-refractivity contribution in [2.45, 2.75) is 19.1 Å². The molecule has 0 fully saturated rings. The van der Waals surface area contributed by atoms with Crippen molar-refractivity contribution in [2.75, 3.05) is 13.1 Å². The summed E-state index contributed by atoms with van der Waals surface area (Å²) in [6.07, 6.45) is -1.13. The van der Waals surface area contributed by atoms with Gasteiger partial charge in [0.1, 0.15) is 6.10 Å². The van der Waals surface area contributed by atoms with Crippen molar-refractivity contribution in [3.05, 3.63) is 52.5 Å². The number of thiophene rings is 1. The van der Waals surface area contributed by atoms with Crippen LogP contribution < -0.4 is 15.4 Å². The molecule has 0 radical (unpaired) electrons. The van der Waals surface area contributed by atoms with Gasteiger partial charge in [-0.25, -0.2) is 9.18 Å². The number of halogens is 1. The maximum Gasteiger partial charge on any atom is 0.315 e. The summed E-state index contributed by atoms with van der Waals surface area (Å²) in [7, 11) is 0. The summed E-state index contributed by atoms with van der Waals surface area (Å²) in [6, 6.07) is 7.49. The van der Waals surface area contributed by atoms with E-state index in [0.29, 0.717) is 0 Å². The van der Waals surface area contributed by atoms with E-state index in [1.165, 1.54) is 23.5 Å². The van der Waals surface area contributed by atoms with E-state index in [1.54, 1.807) is 25.1 Å². The molecule has 0 spiro atoms. The maximum absolute atomic E-state index is 13.4. The van der Waals surface area contributed by atoms with Gasteiger partial charge in [-0.2, -0.15) is 11.3 Å². The SMILES string of the molecule is C[C@H](CNC(=O)NC[C@H](O)c1ccsc1)Oc1ccccc1F. The fraction of sp³-hybridized carbons (Fsp3) is 0.312. The Morgan fingerprint density at radius 2 is 2.04 bits per heavy atom. The number of hydrogen-bond donors (Lipinski definition) is 3. The topological polar surface area (TPSA) is 70.6 Å². The Balaban J connectivity index is 1.68. The molecule has 0 aliphatic rings. The number of carbonyl (C=O) groups excluding carboxylic acids is 1. The number of rotatable bonds is 7. The number of para-hydroxylation sites is 1. The van der Waals surface area contributed by atoms with Gasteiger partial charge in [0.15, 0.2) is 11.6 Å². The van der Waals surface area contributed by atoms with Crippen molar-refractivity contribution in [3.63, 3.8) is 0 Å². The lowest BCUT2D eigenvalue weighted by molar-refractivity contribution is 0.171. The molecule has 0 unspecified atom stereocenters. The molecule has 1 aromatic carbocycles. The van der Waals surface area contributed by atoms with E-state index in [4.69, 9.17) is 4.74 Å². The van der Waals surface area contributed by atoms with E-state index in [1.807, 2.05) is 10.8 Å². The molecule has 3 N–H and O–H groups in total. The highest BCUT2D eigenvalue weighted by Gasteiger charge is 2.12. The van der Waals surface area contributed by atoms with Crippen LogP contribution in [0.3, 0.4) is 0 Å². The van der Waals surface area contributed by atoms with Crippen LogP contribution in [0.2, 0.25) is 0 Å². The quantitative estimate of drug-likeness (QED) is 0.727. The zero-order valence-electron chi connectivity index (χ0n) is 12.7. The van der Waals surface area contributed by atoms with Crippen LogP contribution in [-0.2, 0) is 0 Å². The molecule has 7 heteroatoms. The van der Waals surface area contributed by atoms with Gasteiger partial charge in [-0.1, -0.05) is 12.1 Å². The summed E-state index contributed by atoms with van der Waals surface area (Å²) in [4.78, 5) is 11.7. The highest BCUT2D eigenvalue weighted by atomic mass is 32.1. The van der Waals surface area contributed by atoms with Gasteiger partial charge in [0.25, 0.3) is 0 Å². The van der Waals surface area contributed by atoms with Crippen LogP contribution in [0, 0.1) is 5.82 Å². The third kappa shape index (κ3) is 5.54. The minimum atomic E-state index is -0.737. The highest BCUT2D eigenvalue weighted by molar-refractivity contribution is 7.07. The number of aliphatic hydroxyl groups excluding tert-OH is 1. The van der Waals surface area contributed by atoms with Crippen molar-refractivity contribution in [1.29, 1.82) is 0 Å². The average Bonchev–Trinajstić information content (AvgIpc) is 3.07. The predicted molar refractivity (Wildman–Crippen MR) is 87.2 cm³/mol. The Bertz CT molecular complexity index is 622. The molecule has 23 heavy (non-hydrogen) atoms. The molecular weight excluding hydrogens is 319 g/mol. The van der Waals surface area contributed by atoms with Gasteiger partial charge >= 0.3 is 6.03 Å². The third-order valence-corrected chi connectivity index (χ3v) is 3.80. The van der Waals surface area contributed by atoms with Crippen molar-refractivity contribution in [3.8, 4) is 5.75 Å². The lowest BCUT2D eigenvalue weighted by Gasteiger charge is -2.17. The molecule has 124 valence electrons. The van der Waals surface area contributed by atoms with E-state index in [0.717, 1.165) is 5.56 Å². The van der Waals surface area contributed by atoms with Crippen LogP contribution in [0.25, 0.3) is 0 Å². The van der Waals surface area contributed by atoms with E-state index < -0.39 is 18.0 Å². The third-order valence-electron chi connectivity index (χ3n) is 3.10. The van der Waals surface area contributed by atoms with Crippen LogP contribution in [0.1, 0.15) is 18.6 Å². The molecular formula is C16H19FN2O3S. The summed E-state index contributed by atoms with van der Waals surface area (Å²) < 4.78 is 18.9. The molecule has 2 rings (SSSR count). The second-order valence-electron chi connectivity index (χ2n) is 5.02. The fourth-order valence-corrected chi connectivity index (χ4v) is 2.58. The van der Waals surface area contributed by atoms with Crippen LogP contribution in [0.5, 0.6) is 5.75 Å². The summed E-state index contributed by atoms with van der Waals surface area (Å²) >= 11 is 1.48. The minimum absolute atomic E-state index is 0.116. The molecule has 2 aromatic rings. The van der Waals surface area contributed by atoms with Crippen LogP contribution >= 0.6 is 11.3 Å². The monoisotopic (exact) mass is 338 g/mol. The highest BCUT2D eigenvalue weighted by Crippen LogP contribution is 2.17. The van der Waals surface area contributed by atoms with E-state index in [-0.39, 0.29) is 24.9 Å². The Morgan fingerprint density at radius 3 is 2.74 bits per heavy atom. The van der Waals surface area contributed by atoms with E-state index in [2.05, 4.69) is 10.6 Å². The van der Waals surface area contributed by atoms with E-state index >= 15 is 0 Å². The molecule has 0 bridgehead atoms. The summed E-state index contributed by atoms with van der Waals surface area (Å²) in [5.74, 6) is -0.294. The second kappa shape index (κ2) is 8.50. The first-order valence-corrected chi connectivity index (χ1v) is 8.13. The largest absolute Gasteiger partial charge is 0.486 e. The number of benzene rings is 1. The lowest BCUT2D eigenvalue weighted by atomic mass is 10.2. The van der Waals surface area contributed by atoms with Crippen molar-refractivity contribution in [2.24, 2.45) is 0 Å². The van der Waals surface area contributed by atoms with Gasteiger partial charge in [0.2, 0.25) is 0 Å². The molecule has 1 heterocycles. The zero-order chi connectivity index (χ0) is 16.7.